The fraction of sp³-hybridized carbons (Fsp3) is 0.0217. The number of rotatable bonds is 4. The van der Waals surface area contributed by atoms with E-state index in [0.29, 0.717) is 0 Å². The molecule has 11 rings (SSSR count). The molecule has 6 heteroatoms. The zero-order chi connectivity index (χ0) is 34.2. The zero-order valence-corrected chi connectivity index (χ0v) is 27.7. The molecule has 0 aliphatic carbocycles. The molecule has 0 saturated heterocycles. The predicted molar refractivity (Wildman–Crippen MR) is 211 cm³/mol. The van der Waals surface area contributed by atoms with E-state index < -0.39 is 6.17 Å². The Labute approximate surface area is 297 Å². The predicted octanol–water partition coefficient (Wildman–Crippen LogP) is 11.3. The van der Waals surface area contributed by atoms with Crippen LogP contribution in [0.4, 0.5) is 0 Å². The molecule has 0 saturated carbocycles. The zero-order valence-electron chi connectivity index (χ0n) is 27.7. The van der Waals surface area contributed by atoms with Crippen molar-refractivity contribution in [3.05, 3.63) is 175 Å². The Bertz CT molecular complexity index is 3130. The lowest BCUT2D eigenvalue weighted by atomic mass is 9.91. The molecular formula is C46H28N4O2. The summed E-state index contributed by atoms with van der Waals surface area (Å²) < 4.78 is 12.5. The second-order valence-corrected chi connectivity index (χ2v) is 13.2. The van der Waals surface area contributed by atoms with E-state index in [0.717, 1.165) is 99.5 Å². The molecule has 1 aliphatic rings. The van der Waals surface area contributed by atoms with Crippen molar-refractivity contribution in [3.63, 3.8) is 0 Å². The fourth-order valence-corrected chi connectivity index (χ4v) is 7.86. The normalized spacial score (nSPS) is 14.7. The number of para-hydroxylation sites is 1. The highest BCUT2D eigenvalue weighted by molar-refractivity contribution is 6.24. The monoisotopic (exact) mass is 668 g/mol. The van der Waals surface area contributed by atoms with Crippen molar-refractivity contribution in [2.24, 2.45) is 9.98 Å². The van der Waals surface area contributed by atoms with Crippen LogP contribution in [0.5, 0.6) is 0 Å². The van der Waals surface area contributed by atoms with Crippen molar-refractivity contribution >= 4 is 77.1 Å². The van der Waals surface area contributed by atoms with Crippen LogP contribution in [0.25, 0.3) is 76.5 Å². The number of furan rings is 2. The Morgan fingerprint density at radius 3 is 2.00 bits per heavy atom. The SMILES string of the molecule is c1ccc2cc(C3=NC(c4ccc(-c5cccc6oc7ccccc7c56)c5ccccc45)N=C(c4cccc5oc6ccncc6c45)N3)ccc2c1. The summed E-state index contributed by atoms with van der Waals surface area (Å²) in [5, 5.41) is 12.3. The number of fused-ring (bicyclic) bond motifs is 8. The topological polar surface area (TPSA) is 75.9 Å². The first-order valence-electron chi connectivity index (χ1n) is 17.4. The first kappa shape index (κ1) is 28.8. The van der Waals surface area contributed by atoms with Gasteiger partial charge in [0.15, 0.2) is 6.17 Å². The number of hydrogen-bond acceptors (Lipinski definition) is 6. The second kappa shape index (κ2) is 11.2. The lowest BCUT2D eigenvalue weighted by Crippen LogP contribution is -2.36. The van der Waals surface area contributed by atoms with Gasteiger partial charge in [-0.15, -0.1) is 0 Å². The summed E-state index contributed by atoms with van der Waals surface area (Å²) in [6, 6.07) is 50.4. The van der Waals surface area contributed by atoms with Crippen molar-refractivity contribution < 1.29 is 8.83 Å². The Morgan fingerprint density at radius 2 is 1.13 bits per heavy atom. The van der Waals surface area contributed by atoms with Gasteiger partial charge in [0.25, 0.3) is 0 Å². The molecular weight excluding hydrogens is 641 g/mol. The summed E-state index contributed by atoms with van der Waals surface area (Å²) in [7, 11) is 0. The van der Waals surface area contributed by atoms with E-state index in [-0.39, 0.29) is 0 Å². The summed E-state index contributed by atoms with van der Waals surface area (Å²) >= 11 is 0. The highest BCUT2D eigenvalue weighted by atomic mass is 16.3. The van der Waals surface area contributed by atoms with Crippen molar-refractivity contribution in [1.29, 1.82) is 0 Å². The van der Waals surface area contributed by atoms with Gasteiger partial charge in [0.05, 0.1) is 0 Å². The van der Waals surface area contributed by atoms with Gasteiger partial charge in [0.1, 0.15) is 34.0 Å². The van der Waals surface area contributed by atoms with E-state index >= 15 is 0 Å². The molecule has 3 aromatic heterocycles. The minimum Gasteiger partial charge on any atom is -0.456 e. The molecule has 4 heterocycles. The van der Waals surface area contributed by atoms with E-state index in [1.165, 1.54) is 5.39 Å². The molecule has 0 radical (unpaired) electrons. The number of aromatic nitrogens is 1. The van der Waals surface area contributed by atoms with Gasteiger partial charge in [0, 0.05) is 50.6 Å². The van der Waals surface area contributed by atoms with E-state index in [2.05, 4.69) is 119 Å². The van der Waals surface area contributed by atoms with Gasteiger partial charge in [-0.25, -0.2) is 9.98 Å². The Balaban J connectivity index is 1.13. The van der Waals surface area contributed by atoms with Crippen LogP contribution in [-0.2, 0) is 0 Å². The van der Waals surface area contributed by atoms with E-state index in [1.54, 1.807) is 6.20 Å². The lowest BCUT2D eigenvalue weighted by molar-refractivity contribution is 0.668. The molecule has 1 unspecified atom stereocenters. The number of benzene rings is 7. The maximum Gasteiger partial charge on any atom is 0.170 e. The number of hydrogen-bond donors (Lipinski definition) is 1. The van der Waals surface area contributed by atoms with E-state index in [1.807, 2.05) is 42.6 Å². The number of pyridine rings is 1. The molecule has 7 aromatic carbocycles. The highest BCUT2D eigenvalue weighted by Gasteiger charge is 2.26. The molecule has 1 aliphatic heterocycles. The fourth-order valence-electron chi connectivity index (χ4n) is 7.86. The minimum atomic E-state index is -0.520. The van der Waals surface area contributed by atoms with E-state index in [9.17, 15) is 0 Å². The minimum absolute atomic E-state index is 0.520. The van der Waals surface area contributed by atoms with Crippen molar-refractivity contribution in [1.82, 2.24) is 10.3 Å². The molecule has 0 fully saturated rings. The van der Waals surface area contributed by atoms with Crippen molar-refractivity contribution in [2.45, 2.75) is 6.17 Å². The van der Waals surface area contributed by atoms with Crippen molar-refractivity contribution in [2.75, 3.05) is 0 Å². The van der Waals surface area contributed by atoms with Crippen LogP contribution < -0.4 is 5.32 Å². The number of nitrogens with one attached hydrogen (secondary N) is 1. The van der Waals surface area contributed by atoms with Crippen LogP contribution in [0.3, 0.4) is 0 Å². The summed E-state index contributed by atoms with van der Waals surface area (Å²) in [4.78, 5) is 15.1. The summed E-state index contributed by atoms with van der Waals surface area (Å²) in [6.45, 7) is 0. The van der Waals surface area contributed by atoms with Gasteiger partial charge < -0.3 is 14.2 Å². The van der Waals surface area contributed by atoms with Crippen LogP contribution >= 0.6 is 0 Å². The van der Waals surface area contributed by atoms with Gasteiger partial charge in [-0.3, -0.25) is 4.98 Å². The third kappa shape index (κ3) is 4.41. The van der Waals surface area contributed by atoms with Gasteiger partial charge >= 0.3 is 0 Å². The van der Waals surface area contributed by atoms with Crippen LogP contribution in [0, 0.1) is 0 Å². The quantitative estimate of drug-likeness (QED) is 0.202. The first-order valence-corrected chi connectivity index (χ1v) is 17.4. The van der Waals surface area contributed by atoms with Crippen molar-refractivity contribution in [3.8, 4) is 11.1 Å². The summed E-state index contributed by atoms with van der Waals surface area (Å²) in [5.41, 5.74) is 8.54. The highest BCUT2D eigenvalue weighted by Crippen LogP contribution is 2.42. The summed E-state index contributed by atoms with van der Waals surface area (Å²) in [6.07, 6.45) is 3.10. The number of nitrogens with zero attached hydrogens (tertiary/aromatic N) is 3. The maximum atomic E-state index is 6.28. The molecule has 52 heavy (non-hydrogen) atoms. The van der Waals surface area contributed by atoms with Gasteiger partial charge in [-0.05, 0) is 63.0 Å². The maximum absolute atomic E-state index is 6.28. The Morgan fingerprint density at radius 1 is 0.462 bits per heavy atom. The first-order chi connectivity index (χ1) is 25.8. The third-order valence-electron chi connectivity index (χ3n) is 10.2. The average Bonchev–Trinajstić information content (AvgIpc) is 3.79. The average molecular weight is 669 g/mol. The van der Waals surface area contributed by atoms with Crippen LogP contribution in [0.1, 0.15) is 22.9 Å². The Kier molecular flexibility index (Phi) is 6.21. The number of aliphatic imine (C=N–C) groups is 2. The standard InChI is InChI=1S/C46H28N4O2/c1-2-10-28-25-29(20-19-27(28)9-1)44-48-45(50-46(49-44)36-15-8-18-41-43(36)37-26-47-24-23-39(37)52-41)34-22-21-32(30-11-3-4-12-31(30)34)33-14-7-17-40-42(33)35-13-5-6-16-38(35)51-40/h1-26,45H,(H,48,49,50). The Hall–Kier alpha value is -7.05. The van der Waals surface area contributed by atoms with Crippen LogP contribution in [0.2, 0.25) is 0 Å². The van der Waals surface area contributed by atoms with Crippen LogP contribution in [0.15, 0.2) is 177 Å². The third-order valence-corrected chi connectivity index (χ3v) is 10.2. The van der Waals surface area contributed by atoms with Gasteiger partial charge in [0.2, 0.25) is 0 Å². The summed E-state index contributed by atoms with van der Waals surface area (Å²) in [5.74, 6) is 1.48. The molecule has 1 atom stereocenters. The molecule has 244 valence electrons. The molecule has 10 aromatic rings. The lowest BCUT2D eigenvalue weighted by Gasteiger charge is -2.24. The van der Waals surface area contributed by atoms with Gasteiger partial charge in [-0.2, -0.15) is 0 Å². The molecule has 0 spiro atoms. The molecule has 0 amide bonds. The smallest absolute Gasteiger partial charge is 0.170 e. The second-order valence-electron chi connectivity index (χ2n) is 13.2. The molecule has 6 nitrogen and oxygen atoms in total. The van der Waals surface area contributed by atoms with E-state index in [4.69, 9.17) is 18.8 Å². The molecule has 1 N–H and O–H groups in total. The van der Waals surface area contributed by atoms with Crippen LogP contribution in [-0.4, -0.2) is 16.7 Å². The largest absolute Gasteiger partial charge is 0.456 e. The molecule has 0 bridgehead atoms. The van der Waals surface area contributed by atoms with Gasteiger partial charge in [-0.1, -0.05) is 115 Å². The number of amidine groups is 2.